The molecule has 0 aliphatic rings. The minimum Gasteiger partial charge on any atom is -0.0612 e. The number of hydrogen-bond acceptors (Lipinski definition) is 0. The average Bonchev–Trinajstić information content (AvgIpc) is 1.88. The molecule has 1 rings (SSSR count). The summed E-state index contributed by atoms with van der Waals surface area (Å²) in [6.45, 7) is 2.19. The Bertz CT molecular complexity index is 210. The van der Waals surface area contributed by atoms with Gasteiger partial charge in [0.25, 0.3) is 0 Å². The first-order chi connectivity index (χ1) is 4.75. The molecule has 0 aliphatic heterocycles. The summed E-state index contributed by atoms with van der Waals surface area (Å²) in [5, 5.41) is 0. The molecule has 0 aliphatic carbocycles. The van der Waals surface area contributed by atoms with Crippen molar-refractivity contribution >= 4 is 45.2 Å². The zero-order valence-electron chi connectivity index (χ0n) is 5.70. The fraction of sp³-hybridized carbons (Fsp3) is 0.250. The standard InChI is InChI=1S/C8H8I2/c1-2-6-7(9)4-3-5-8(6)10/h3-5H,2H2,1H3. The maximum atomic E-state index is 2.38. The molecule has 0 aromatic heterocycles. The number of rotatable bonds is 1. The zero-order valence-corrected chi connectivity index (χ0v) is 10.0. The van der Waals surface area contributed by atoms with Crippen LogP contribution in [0.25, 0.3) is 0 Å². The van der Waals surface area contributed by atoms with Gasteiger partial charge in [0.2, 0.25) is 0 Å². The average molecular weight is 358 g/mol. The lowest BCUT2D eigenvalue weighted by Gasteiger charge is -2.02. The van der Waals surface area contributed by atoms with Crippen LogP contribution in [0.3, 0.4) is 0 Å². The van der Waals surface area contributed by atoms with Crippen molar-refractivity contribution in [2.24, 2.45) is 0 Å². The van der Waals surface area contributed by atoms with Gasteiger partial charge in [-0.2, -0.15) is 0 Å². The highest BCUT2D eigenvalue weighted by molar-refractivity contribution is 14.1. The van der Waals surface area contributed by atoms with Crippen molar-refractivity contribution in [2.45, 2.75) is 13.3 Å². The third-order valence-electron chi connectivity index (χ3n) is 1.42. The molecule has 0 amide bonds. The Hall–Kier alpha value is 0.680. The van der Waals surface area contributed by atoms with E-state index in [1.165, 1.54) is 12.7 Å². The molecule has 0 radical (unpaired) electrons. The van der Waals surface area contributed by atoms with Crippen LogP contribution in [0.15, 0.2) is 18.2 Å². The van der Waals surface area contributed by atoms with Gasteiger partial charge in [-0.25, -0.2) is 0 Å². The summed E-state index contributed by atoms with van der Waals surface area (Å²) in [5.41, 5.74) is 1.48. The lowest BCUT2D eigenvalue weighted by atomic mass is 10.2. The molecule has 2 heteroatoms. The van der Waals surface area contributed by atoms with Crippen LogP contribution in [-0.2, 0) is 6.42 Å². The minimum absolute atomic E-state index is 1.14. The summed E-state index contributed by atoms with van der Waals surface area (Å²) in [5.74, 6) is 0. The molecule has 54 valence electrons. The Morgan fingerprint density at radius 2 is 1.70 bits per heavy atom. The second kappa shape index (κ2) is 3.90. The van der Waals surface area contributed by atoms with Crippen LogP contribution in [0.5, 0.6) is 0 Å². The predicted molar refractivity (Wildman–Crippen MR) is 61.3 cm³/mol. The largest absolute Gasteiger partial charge is 0.0612 e. The lowest BCUT2D eigenvalue weighted by Crippen LogP contribution is -1.88. The topological polar surface area (TPSA) is 0 Å². The van der Waals surface area contributed by atoms with Gasteiger partial charge < -0.3 is 0 Å². The van der Waals surface area contributed by atoms with Gasteiger partial charge in [0, 0.05) is 7.14 Å². The van der Waals surface area contributed by atoms with Crippen LogP contribution in [-0.4, -0.2) is 0 Å². The molecule has 1 aromatic carbocycles. The highest BCUT2D eigenvalue weighted by Gasteiger charge is 1.99. The minimum atomic E-state index is 1.14. The van der Waals surface area contributed by atoms with Crippen molar-refractivity contribution in [1.82, 2.24) is 0 Å². The summed E-state index contributed by atoms with van der Waals surface area (Å²) >= 11 is 4.76. The zero-order chi connectivity index (χ0) is 7.56. The molecule has 0 bridgehead atoms. The van der Waals surface area contributed by atoms with Gasteiger partial charge in [-0.3, -0.25) is 0 Å². The Kier molecular flexibility index (Phi) is 3.42. The van der Waals surface area contributed by atoms with Crippen molar-refractivity contribution < 1.29 is 0 Å². The van der Waals surface area contributed by atoms with Gasteiger partial charge in [-0.1, -0.05) is 13.0 Å². The van der Waals surface area contributed by atoms with E-state index in [0.29, 0.717) is 0 Å². The molecular formula is C8H8I2. The lowest BCUT2D eigenvalue weighted by molar-refractivity contribution is 1.11. The second-order valence-electron chi connectivity index (χ2n) is 2.05. The molecule has 0 spiro atoms. The SMILES string of the molecule is CCc1c(I)cccc1I. The summed E-state index contributed by atoms with van der Waals surface area (Å²) in [6, 6.07) is 6.41. The van der Waals surface area contributed by atoms with Gasteiger partial charge in [0.05, 0.1) is 0 Å². The maximum absolute atomic E-state index is 2.38. The van der Waals surface area contributed by atoms with Crippen molar-refractivity contribution in [3.05, 3.63) is 30.9 Å². The Balaban J connectivity index is 3.17. The van der Waals surface area contributed by atoms with Gasteiger partial charge in [0.1, 0.15) is 0 Å². The van der Waals surface area contributed by atoms with Crippen LogP contribution in [0.2, 0.25) is 0 Å². The Morgan fingerprint density at radius 3 is 2.00 bits per heavy atom. The van der Waals surface area contributed by atoms with E-state index in [-0.39, 0.29) is 0 Å². The first-order valence-electron chi connectivity index (χ1n) is 3.18. The second-order valence-corrected chi connectivity index (χ2v) is 4.38. The molecule has 0 heterocycles. The molecule has 0 saturated heterocycles. The van der Waals surface area contributed by atoms with E-state index in [0.717, 1.165) is 6.42 Å². The van der Waals surface area contributed by atoms with Crippen molar-refractivity contribution in [2.75, 3.05) is 0 Å². The monoisotopic (exact) mass is 358 g/mol. The fourth-order valence-electron chi connectivity index (χ4n) is 0.870. The van der Waals surface area contributed by atoms with Crippen LogP contribution < -0.4 is 0 Å². The van der Waals surface area contributed by atoms with Crippen LogP contribution in [0, 0.1) is 7.14 Å². The van der Waals surface area contributed by atoms with E-state index in [1.807, 2.05) is 0 Å². The molecule has 10 heavy (non-hydrogen) atoms. The summed E-state index contributed by atoms with van der Waals surface area (Å²) in [4.78, 5) is 0. The van der Waals surface area contributed by atoms with Crippen LogP contribution >= 0.6 is 45.2 Å². The highest BCUT2D eigenvalue weighted by Crippen LogP contribution is 2.18. The summed E-state index contributed by atoms with van der Waals surface area (Å²) in [7, 11) is 0. The summed E-state index contributed by atoms with van der Waals surface area (Å²) < 4.78 is 2.76. The van der Waals surface area contributed by atoms with Gasteiger partial charge in [-0.05, 0) is 69.3 Å². The van der Waals surface area contributed by atoms with E-state index < -0.39 is 0 Å². The molecule has 0 nitrogen and oxygen atoms in total. The van der Waals surface area contributed by atoms with E-state index >= 15 is 0 Å². The first kappa shape index (κ1) is 8.77. The van der Waals surface area contributed by atoms with Crippen molar-refractivity contribution in [1.29, 1.82) is 0 Å². The Labute approximate surface area is 88.7 Å². The van der Waals surface area contributed by atoms with Crippen molar-refractivity contribution in [3.63, 3.8) is 0 Å². The number of benzene rings is 1. The normalized spacial score (nSPS) is 9.90. The van der Waals surface area contributed by atoms with Crippen molar-refractivity contribution in [3.8, 4) is 0 Å². The van der Waals surface area contributed by atoms with E-state index in [1.54, 1.807) is 0 Å². The number of halogens is 2. The number of hydrogen-bond donors (Lipinski definition) is 0. The molecule has 0 unspecified atom stereocenters. The summed E-state index contributed by atoms with van der Waals surface area (Å²) in [6.07, 6.45) is 1.14. The van der Waals surface area contributed by atoms with Gasteiger partial charge >= 0.3 is 0 Å². The molecular weight excluding hydrogens is 350 g/mol. The maximum Gasteiger partial charge on any atom is 0.0172 e. The smallest absolute Gasteiger partial charge is 0.0172 e. The predicted octanol–water partition coefficient (Wildman–Crippen LogP) is 3.46. The quantitative estimate of drug-likeness (QED) is 0.675. The van der Waals surface area contributed by atoms with E-state index in [9.17, 15) is 0 Å². The third kappa shape index (κ3) is 1.84. The Morgan fingerprint density at radius 1 is 1.20 bits per heavy atom. The van der Waals surface area contributed by atoms with Crippen LogP contribution in [0.4, 0.5) is 0 Å². The van der Waals surface area contributed by atoms with Gasteiger partial charge in [0.15, 0.2) is 0 Å². The molecule has 1 aromatic rings. The van der Waals surface area contributed by atoms with E-state index in [2.05, 4.69) is 70.3 Å². The third-order valence-corrected chi connectivity index (χ3v) is 3.44. The molecule has 0 fully saturated rings. The first-order valence-corrected chi connectivity index (χ1v) is 5.34. The van der Waals surface area contributed by atoms with Crippen LogP contribution in [0.1, 0.15) is 12.5 Å². The highest BCUT2D eigenvalue weighted by atomic mass is 127. The molecule has 0 atom stereocenters. The molecule has 0 N–H and O–H groups in total. The van der Waals surface area contributed by atoms with E-state index in [4.69, 9.17) is 0 Å². The van der Waals surface area contributed by atoms with Gasteiger partial charge in [-0.15, -0.1) is 0 Å². The molecule has 0 saturated carbocycles. The fourth-order valence-corrected chi connectivity index (χ4v) is 3.15.